The number of benzene rings is 1. The van der Waals surface area contributed by atoms with Gasteiger partial charge in [0.25, 0.3) is 0 Å². The number of likely N-dealkylation sites (tertiary alicyclic amines) is 1. The third-order valence-electron chi connectivity index (χ3n) is 6.61. The zero-order valence-corrected chi connectivity index (χ0v) is 15.5. The molecule has 0 radical (unpaired) electrons. The van der Waals surface area contributed by atoms with Gasteiger partial charge in [0.05, 0.1) is 11.6 Å². The average Bonchev–Trinajstić information content (AvgIpc) is 3.22. The van der Waals surface area contributed by atoms with Crippen LogP contribution in [-0.2, 0) is 6.54 Å². The third kappa shape index (κ3) is 3.25. The average molecular weight is 354 g/mol. The smallest absolute Gasteiger partial charge is 0.129 e. The molecule has 3 aliphatic rings. The van der Waals surface area contributed by atoms with Crippen LogP contribution in [0.3, 0.4) is 0 Å². The molecule has 0 amide bonds. The number of ether oxygens (including phenoxy) is 1. The van der Waals surface area contributed by atoms with Gasteiger partial charge in [-0.25, -0.2) is 0 Å². The fraction of sp³-hybridized carbons (Fsp3) is 0.636. The quantitative estimate of drug-likeness (QED) is 0.887. The van der Waals surface area contributed by atoms with Crippen LogP contribution in [0.5, 0.6) is 5.75 Å². The van der Waals surface area contributed by atoms with E-state index in [0.717, 1.165) is 57.0 Å². The van der Waals surface area contributed by atoms with E-state index in [2.05, 4.69) is 39.9 Å². The van der Waals surface area contributed by atoms with Gasteiger partial charge in [-0.15, -0.1) is 0 Å². The largest absolute Gasteiger partial charge is 0.490 e. The zero-order valence-electron chi connectivity index (χ0n) is 15.5. The van der Waals surface area contributed by atoms with Gasteiger partial charge in [0, 0.05) is 37.3 Å². The third-order valence-corrected chi connectivity index (χ3v) is 6.61. The number of hydrogen-bond donors (Lipinski definition) is 1. The van der Waals surface area contributed by atoms with Gasteiger partial charge in [0.2, 0.25) is 0 Å². The lowest BCUT2D eigenvalue weighted by atomic mass is 10.0. The number of nitrogens with zero attached hydrogens (tertiary/aromatic N) is 2. The topological polar surface area (TPSA) is 37.6 Å². The highest BCUT2D eigenvalue weighted by Gasteiger charge is 2.33. The zero-order chi connectivity index (χ0) is 17.5. The molecule has 1 N–H and O–H groups in total. The van der Waals surface area contributed by atoms with Crippen molar-refractivity contribution in [2.45, 2.75) is 69.7 Å². The normalized spacial score (nSPS) is 28.0. The van der Waals surface area contributed by atoms with E-state index in [9.17, 15) is 5.11 Å². The first kappa shape index (κ1) is 16.6. The molecule has 1 aliphatic heterocycles. The molecule has 140 valence electrons. The van der Waals surface area contributed by atoms with Crippen molar-refractivity contribution in [3.05, 3.63) is 30.5 Å². The van der Waals surface area contributed by atoms with Crippen molar-refractivity contribution in [1.82, 2.24) is 9.47 Å². The van der Waals surface area contributed by atoms with E-state index in [1.165, 1.54) is 30.2 Å². The summed E-state index contributed by atoms with van der Waals surface area (Å²) in [5.41, 5.74) is 1.31. The van der Waals surface area contributed by atoms with Gasteiger partial charge < -0.3 is 14.4 Å². The summed E-state index contributed by atoms with van der Waals surface area (Å²) < 4.78 is 8.83. The van der Waals surface area contributed by atoms with E-state index < -0.39 is 0 Å². The summed E-state index contributed by atoms with van der Waals surface area (Å²) in [6.07, 6.45) is 10.6. The minimum Gasteiger partial charge on any atom is -0.490 e. The molecular formula is C22H30N2O2. The highest BCUT2D eigenvalue weighted by atomic mass is 16.5. The number of aliphatic hydroxyl groups is 1. The predicted molar refractivity (Wildman–Crippen MR) is 104 cm³/mol. The maximum Gasteiger partial charge on any atom is 0.129 e. The van der Waals surface area contributed by atoms with Gasteiger partial charge in [0.15, 0.2) is 0 Å². The van der Waals surface area contributed by atoms with Gasteiger partial charge in [-0.05, 0) is 69.1 Å². The Kier molecular flexibility index (Phi) is 4.41. The first-order valence-electron chi connectivity index (χ1n) is 10.4. The Morgan fingerprint density at radius 1 is 1.00 bits per heavy atom. The number of hydrogen-bond acceptors (Lipinski definition) is 3. The van der Waals surface area contributed by atoms with Crippen LogP contribution >= 0.6 is 0 Å². The monoisotopic (exact) mass is 354 g/mol. The first-order valence-corrected chi connectivity index (χ1v) is 10.4. The lowest BCUT2D eigenvalue weighted by Crippen LogP contribution is -2.47. The van der Waals surface area contributed by atoms with Gasteiger partial charge in [-0.3, -0.25) is 4.90 Å². The van der Waals surface area contributed by atoms with Crippen molar-refractivity contribution in [1.29, 1.82) is 0 Å². The molecule has 2 atom stereocenters. The fourth-order valence-corrected chi connectivity index (χ4v) is 4.89. The van der Waals surface area contributed by atoms with Crippen LogP contribution in [0.4, 0.5) is 0 Å². The molecule has 2 saturated carbocycles. The molecule has 2 heterocycles. The Morgan fingerprint density at radius 3 is 2.58 bits per heavy atom. The summed E-state index contributed by atoms with van der Waals surface area (Å²) in [6, 6.07) is 9.07. The minimum atomic E-state index is -0.118. The second-order valence-corrected chi connectivity index (χ2v) is 8.52. The molecule has 1 saturated heterocycles. The Bertz CT molecular complexity index is 759. The molecule has 1 aromatic heterocycles. The van der Waals surface area contributed by atoms with Crippen LogP contribution in [0.15, 0.2) is 30.5 Å². The Labute approximate surface area is 155 Å². The van der Waals surface area contributed by atoms with Crippen LogP contribution < -0.4 is 4.74 Å². The second-order valence-electron chi connectivity index (χ2n) is 8.52. The molecular weight excluding hydrogens is 324 g/mol. The van der Waals surface area contributed by atoms with Crippen molar-refractivity contribution >= 4 is 10.9 Å². The van der Waals surface area contributed by atoms with Crippen molar-refractivity contribution in [2.24, 2.45) is 5.92 Å². The summed E-state index contributed by atoms with van der Waals surface area (Å²) in [4.78, 5) is 2.49. The van der Waals surface area contributed by atoms with Crippen LogP contribution in [-0.4, -0.2) is 45.9 Å². The molecule has 0 spiro atoms. The predicted octanol–water partition coefficient (Wildman–Crippen LogP) is 3.81. The van der Waals surface area contributed by atoms with Gasteiger partial charge in [0.1, 0.15) is 11.9 Å². The van der Waals surface area contributed by atoms with Crippen molar-refractivity contribution in [3.8, 4) is 5.75 Å². The van der Waals surface area contributed by atoms with Crippen molar-refractivity contribution in [3.63, 3.8) is 0 Å². The molecule has 2 aliphatic carbocycles. The first-order chi connectivity index (χ1) is 12.8. The van der Waals surface area contributed by atoms with Gasteiger partial charge in [-0.1, -0.05) is 6.07 Å². The van der Waals surface area contributed by atoms with E-state index >= 15 is 0 Å². The standard InChI is InChI=1S/C22H30N2O2/c25-21-5-1-4-20(21)23-12-9-17(10-13-23)26-22-6-2-3-19-18(22)11-14-24(19)15-16-7-8-16/h2-3,6,11,14,16-17,20-21,25H,1,4-5,7-10,12-13,15H2. The molecule has 2 aromatic rings. The lowest BCUT2D eigenvalue weighted by Gasteiger charge is -2.37. The molecule has 1 aromatic carbocycles. The van der Waals surface area contributed by atoms with Crippen LogP contribution in [0.25, 0.3) is 10.9 Å². The Morgan fingerprint density at radius 2 is 1.85 bits per heavy atom. The Balaban J connectivity index is 1.25. The summed E-state index contributed by atoms with van der Waals surface area (Å²) in [7, 11) is 0. The number of piperidine rings is 1. The Hall–Kier alpha value is -1.52. The molecule has 4 heteroatoms. The van der Waals surface area contributed by atoms with Gasteiger partial charge >= 0.3 is 0 Å². The summed E-state index contributed by atoms with van der Waals surface area (Å²) in [5, 5.41) is 11.4. The van der Waals surface area contributed by atoms with Gasteiger partial charge in [-0.2, -0.15) is 0 Å². The summed E-state index contributed by atoms with van der Waals surface area (Å²) in [6.45, 7) is 3.24. The number of aromatic nitrogens is 1. The van der Waals surface area contributed by atoms with Crippen molar-refractivity contribution < 1.29 is 9.84 Å². The van der Waals surface area contributed by atoms with Crippen LogP contribution in [0.1, 0.15) is 44.9 Å². The van der Waals surface area contributed by atoms with Crippen LogP contribution in [0, 0.1) is 5.92 Å². The van der Waals surface area contributed by atoms with Crippen molar-refractivity contribution in [2.75, 3.05) is 13.1 Å². The SMILES string of the molecule is OC1CCCC1N1CCC(Oc2cccc3c2ccn3CC2CC2)CC1. The van der Waals surface area contributed by atoms with Crippen LogP contribution in [0.2, 0.25) is 0 Å². The minimum absolute atomic E-state index is 0.118. The highest BCUT2D eigenvalue weighted by molar-refractivity contribution is 5.86. The van der Waals surface area contributed by atoms with E-state index in [-0.39, 0.29) is 6.10 Å². The molecule has 2 unspecified atom stereocenters. The second kappa shape index (κ2) is 6.90. The lowest BCUT2D eigenvalue weighted by molar-refractivity contribution is 0.0289. The number of rotatable bonds is 5. The maximum absolute atomic E-state index is 10.2. The molecule has 0 bridgehead atoms. The van der Waals surface area contributed by atoms with E-state index in [4.69, 9.17) is 4.74 Å². The molecule has 5 rings (SSSR count). The summed E-state index contributed by atoms with van der Waals surface area (Å²) >= 11 is 0. The molecule has 26 heavy (non-hydrogen) atoms. The molecule has 3 fully saturated rings. The van der Waals surface area contributed by atoms with E-state index in [1.807, 2.05) is 0 Å². The fourth-order valence-electron chi connectivity index (χ4n) is 4.89. The number of fused-ring (bicyclic) bond motifs is 1. The highest BCUT2D eigenvalue weighted by Crippen LogP contribution is 2.35. The van der Waals surface area contributed by atoms with E-state index in [1.54, 1.807) is 0 Å². The number of aliphatic hydroxyl groups excluding tert-OH is 1. The molecule has 4 nitrogen and oxygen atoms in total. The van der Waals surface area contributed by atoms with E-state index in [0.29, 0.717) is 12.1 Å². The summed E-state index contributed by atoms with van der Waals surface area (Å²) in [5.74, 6) is 1.92. The maximum atomic E-state index is 10.2.